The molecule has 0 aromatic heterocycles. The Balaban J connectivity index is 1.46. The summed E-state index contributed by atoms with van der Waals surface area (Å²) in [6.07, 6.45) is 6.23. The Morgan fingerprint density at radius 3 is 2.68 bits per heavy atom. The monoisotopic (exact) mass is 382 g/mol. The maximum absolute atomic E-state index is 14.1. The third kappa shape index (κ3) is 3.83. The molecule has 0 saturated carbocycles. The fourth-order valence-electron chi connectivity index (χ4n) is 3.21. The molecule has 0 radical (unpaired) electrons. The van der Waals surface area contributed by atoms with Crippen LogP contribution in [0.3, 0.4) is 0 Å². The molecule has 0 fully saturated rings. The van der Waals surface area contributed by atoms with E-state index in [-0.39, 0.29) is 30.2 Å². The van der Waals surface area contributed by atoms with Gasteiger partial charge in [0.25, 0.3) is 5.91 Å². The molecule has 0 saturated heterocycles. The van der Waals surface area contributed by atoms with Gasteiger partial charge in [-0.05, 0) is 55.7 Å². The van der Waals surface area contributed by atoms with Gasteiger partial charge in [-0.25, -0.2) is 4.39 Å². The first-order chi connectivity index (χ1) is 13.6. The number of hydrogen-bond donors (Lipinski definition) is 2. The van der Waals surface area contributed by atoms with E-state index in [9.17, 15) is 14.0 Å². The Hall–Kier alpha value is -3.35. The molecule has 1 unspecified atom stereocenters. The average molecular weight is 382 g/mol. The molecular formula is C21H19FN2O4. The smallest absolute Gasteiger partial charge is 0.255 e. The van der Waals surface area contributed by atoms with Crippen LogP contribution in [0, 0.1) is 11.7 Å². The molecule has 2 N–H and O–H groups in total. The van der Waals surface area contributed by atoms with Gasteiger partial charge in [0.2, 0.25) is 12.7 Å². The maximum atomic E-state index is 14.1. The molecule has 0 spiro atoms. The Morgan fingerprint density at radius 1 is 1.00 bits per heavy atom. The molecule has 2 aromatic carbocycles. The molecule has 0 bridgehead atoms. The number of anilines is 2. The highest BCUT2D eigenvalue weighted by Gasteiger charge is 2.20. The highest BCUT2D eigenvalue weighted by Crippen LogP contribution is 2.33. The molecule has 144 valence electrons. The van der Waals surface area contributed by atoms with Crippen molar-refractivity contribution in [2.24, 2.45) is 5.92 Å². The predicted octanol–water partition coefficient (Wildman–Crippen LogP) is 4.10. The first-order valence-corrected chi connectivity index (χ1v) is 9.06. The van der Waals surface area contributed by atoms with Crippen molar-refractivity contribution in [2.75, 3.05) is 17.4 Å². The molecule has 7 heteroatoms. The van der Waals surface area contributed by atoms with E-state index in [4.69, 9.17) is 9.47 Å². The van der Waals surface area contributed by atoms with Crippen molar-refractivity contribution in [1.29, 1.82) is 0 Å². The fraction of sp³-hybridized carbons (Fsp3) is 0.238. The number of hydrogen-bond acceptors (Lipinski definition) is 4. The van der Waals surface area contributed by atoms with Gasteiger partial charge in [0.15, 0.2) is 11.5 Å². The number of halogens is 1. The lowest BCUT2D eigenvalue weighted by Gasteiger charge is -2.18. The van der Waals surface area contributed by atoms with Crippen molar-refractivity contribution in [2.45, 2.75) is 19.3 Å². The zero-order valence-corrected chi connectivity index (χ0v) is 15.0. The van der Waals surface area contributed by atoms with Crippen LogP contribution in [-0.4, -0.2) is 18.6 Å². The van der Waals surface area contributed by atoms with Gasteiger partial charge >= 0.3 is 0 Å². The number of carbonyl (C=O) groups is 2. The molecule has 1 heterocycles. The molecule has 6 nitrogen and oxygen atoms in total. The number of ether oxygens (including phenoxy) is 2. The van der Waals surface area contributed by atoms with Gasteiger partial charge in [-0.15, -0.1) is 0 Å². The zero-order chi connectivity index (χ0) is 19.5. The predicted molar refractivity (Wildman–Crippen MR) is 102 cm³/mol. The van der Waals surface area contributed by atoms with Gasteiger partial charge in [-0.1, -0.05) is 12.2 Å². The zero-order valence-electron chi connectivity index (χ0n) is 15.0. The summed E-state index contributed by atoms with van der Waals surface area (Å²) in [6, 6.07) is 8.93. The molecule has 1 atom stereocenters. The van der Waals surface area contributed by atoms with Gasteiger partial charge in [0.1, 0.15) is 5.82 Å². The third-order valence-corrected chi connectivity index (χ3v) is 4.76. The number of amides is 2. The van der Waals surface area contributed by atoms with Crippen LogP contribution in [0.2, 0.25) is 0 Å². The second-order valence-electron chi connectivity index (χ2n) is 6.69. The minimum atomic E-state index is -0.555. The topological polar surface area (TPSA) is 76.7 Å². The molecule has 2 aliphatic rings. The fourth-order valence-corrected chi connectivity index (χ4v) is 3.21. The molecule has 1 aliphatic heterocycles. The van der Waals surface area contributed by atoms with Crippen molar-refractivity contribution >= 4 is 23.2 Å². The summed E-state index contributed by atoms with van der Waals surface area (Å²) in [4.78, 5) is 24.8. The Morgan fingerprint density at radius 2 is 1.86 bits per heavy atom. The first-order valence-electron chi connectivity index (χ1n) is 9.06. The van der Waals surface area contributed by atoms with E-state index in [0.717, 1.165) is 12.8 Å². The summed E-state index contributed by atoms with van der Waals surface area (Å²) in [6.45, 7) is 0.123. The number of allylic oxidation sites excluding steroid dienone is 2. The first kappa shape index (κ1) is 18.0. The van der Waals surface area contributed by atoms with Gasteiger partial charge in [-0.2, -0.15) is 0 Å². The molecule has 2 aromatic rings. The summed E-state index contributed by atoms with van der Waals surface area (Å²) in [7, 11) is 0. The van der Waals surface area contributed by atoms with Crippen LogP contribution in [0.1, 0.15) is 29.6 Å². The Labute approximate surface area is 161 Å². The van der Waals surface area contributed by atoms with Crippen LogP contribution in [0.15, 0.2) is 48.6 Å². The van der Waals surface area contributed by atoms with Gasteiger partial charge in [0.05, 0.1) is 5.69 Å². The second kappa shape index (κ2) is 7.72. The SMILES string of the molecule is O=C(Nc1ccc(F)c(NC(=O)C2CC=CCC2)c1)c1ccc2c(c1)OCO2. The Bertz CT molecular complexity index is 957. The highest BCUT2D eigenvalue weighted by atomic mass is 19.1. The number of nitrogens with one attached hydrogen (secondary N) is 2. The van der Waals surface area contributed by atoms with Crippen LogP contribution in [0.5, 0.6) is 11.5 Å². The van der Waals surface area contributed by atoms with Gasteiger partial charge < -0.3 is 20.1 Å². The maximum Gasteiger partial charge on any atom is 0.255 e. The number of benzene rings is 2. The van der Waals surface area contributed by atoms with Crippen LogP contribution >= 0.6 is 0 Å². The molecular weight excluding hydrogens is 363 g/mol. The second-order valence-corrected chi connectivity index (χ2v) is 6.69. The normalized spacial score (nSPS) is 17.2. The molecule has 2 amide bonds. The molecule has 28 heavy (non-hydrogen) atoms. The van der Waals surface area contributed by atoms with Gasteiger partial charge in [-0.3, -0.25) is 9.59 Å². The van der Waals surface area contributed by atoms with E-state index in [1.807, 2.05) is 12.2 Å². The van der Waals surface area contributed by atoms with Crippen LogP contribution in [0.4, 0.5) is 15.8 Å². The van der Waals surface area contributed by atoms with Crippen molar-refractivity contribution in [3.05, 3.63) is 59.9 Å². The molecule has 1 aliphatic carbocycles. The Kier molecular flexibility index (Phi) is 4.97. The van der Waals surface area contributed by atoms with Crippen molar-refractivity contribution < 1.29 is 23.5 Å². The van der Waals surface area contributed by atoms with E-state index < -0.39 is 5.82 Å². The van der Waals surface area contributed by atoms with Crippen molar-refractivity contribution in [3.8, 4) is 11.5 Å². The van der Waals surface area contributed by atoms with E-state index in [0.29, 0.717) is 29.2 Å². The van der Waals surface area contributed by atoms with E-state index in [1.165, 1.54) is 18.2 Å². The van der Waals surface area contributed by atoms with E-state index >= 15 is 0 Å². The standard InChI is InChI=1S/C21H19FN2O4/c22-16-8-7-15(11-17(16)24-20(25)13-4-2-1-3-5-13)23-21(26)14-6-9-18-19(10-14)28-12-27-18/h1-2,6-11,13H,3-5,12H2,(H,23,26)(H,24,25). The lowest BCUT2D eigenvalue weighted by atomic mass is 9.93. The average Bonchev–Trinajstić information content (AvgIpc) is 3.19. The summed E-state index contributed by atoms with van der Waals surface area (Å²) >= 11 is 0. The van der Waals surface area contributed by atoms with E-state index in [2.05, 4.69) is 10.6 Å². The summed E-state index contributed by atoms with van der Waals surface area (Å²) in [5.41, 5.74) is 0.805. The summed E-state index contributed by atoms with van der Waals surface area (Å²) < 4.78 is 24.6. The number of rotatable bonds is 4. The van der Waals surface area contributed by atoms with Crippen LogP contribution < -0.4 is 20.1 Å². The quantitative estimate of drug-likeness (QED) is 0.781. The van der Waals surface area contributed by atoms with Crippen LogP contribution in [0.25, 0.3) is 0 Å². The lowest BCUT2D eigenvalue weighted by Crippen LogP contribution is -2.24. The van der Waals surface area contributed by atoms with Gasteiger partial charge in [0, 0.05) is 17.2 Å². The molecule has 4 rings (SSSR count). The van der Waals surface area contributed by atoms with Crippen LogP contribution in [-0.2, 0) is 4.79 Å². The highest BCUT2D eigenvalue weighted by molar-refractivity contribution is 6.05. The summed E-state index contributed by atoms with van der Waals surface area (Å²) in [5.74, 6) is -0.235. The van der Waals surface area contributed by atoms with E-state index in [1.54, 1.807) is 18.2 Å². The van der Waals surface area contributed by atoms with Crippen molar-refractivity contribution in [1.82, 2.24) is 0 Å². The lowest BCUT2D eigenvalue weighted by molar-refractivity contribution is -0.120. The summed E-state index contributed by atoms with van der Waals surface area (Å²) in [5, 5.41) is 5.34. The minimum Gasteiger partial charge on any atom is -0.454 e. The third-order valence-electron chi connectivity index (χ3n) is 4.76. The van der Waals surface area contributed by atoms with Crippen molar-refractivity contribution in [3.63, 3.8) is 0 Å². The minimum absolute atomic E-state index is 0.0445. The number of carbonyl (C=O) groups excluding carboxylic acids is 2. The largest absolute Gasteiger partial charge is 0.454 e. The number of fused-ring (bicyclic) bond motifs is 1.